The van der Waals surface area contributed by atoms with E-state index in [0.29, 0.717) is 17.2 Å². The minimum Gasteiger partial charge on any atom is -0.497 e. The second-order valence-electron chi connectivity index (χ2n) is 7.98. The van der Waals surface area contributed by atoms with Gasteiger partial charge in [0, 0.05) is 11.8 Å². The summed E-state index contributed by atoms with van der Waals surface area (Å²) in [6, 6.07) is 28.6. The molecule has 0 bridgehead atoms. The van der Waals surface area contributed by atoms with Gasteiger partial charge in [0.2, 0.25) is 5.91 Å². The molecule has 8 heteroatoms. The van der Waals surface area contributed by atoms with Gasteiger partial charge in [0.25, 0.3) is 10.0 Å². The molecule has 0 spiro atoms. The molecule has 1 amide bonds. The fraction of sp³-hybridized carbons (Fsp3) is 0.107. The van der Waals surface area contributed by atoms with E-state index in [-0.39, 0.29) is 22.9 Å². The Hall–Kier alpha value is -4.30. The molecule has 4 aromatic rings. The number of benzene rings is 4. The summed E-state index contributed by atoms with van der Waals surface area (Å²) in [4.78, 5) is 12.6. The van der Waals surface area contributed by atoms with Crippen LogP contribution in [0.3, 0.4) is 0 Å². The smallest absolute Gasteiger partial charge is 0.262 e. The van der Waals surface area contributed by atoms with Crippen LogP contribution >= 0.6 is 0 Å². The lowest BCUT2D eigenvalue weighted by molar-refractivity contribution is -0.115. The maximum atomic E-state index is 12.9. The molecule has 0 atom stereocenters. The van der Waals surface area contributed by atoms with Crippen molar-refractivity contribution in [1.82, 2.24) is 0 Å². The summed E-state index contributed by atoms with van der Waals surface area (Å²) in [7, 11) is -0.944. The Balaban J connectivity index is 1.39. The van der Waals surface area contributed by atoms with Crippen molar-refractivity contribution in [3.8, 4) is 22.6 Å². The number of amides is 1. The first-order valence-electron chi connectivity index (χ1n) is 11.2. The maximum absolute atomic E-state index is 12.9. The normalized spacial score (nSPS) is 10.9. The van der Waals surface area contributed by atoms with Crippen LogP contribution in [0.2, 0.25) is 0 Å². The number of sulfonamides is 1. The molecule has 4 aromatic carbocycles. The van der Waals surface area contributed by atoms with Gasteiger partial charge in [-0.05, 0) is 53.1 Å². The van der Waals surface area contributed by atoms with Crippen LogP contribution in [0.1, 0.15) is 5.56 Å². The van der Waals surface area contributed by atoms with Gasteiger partial charge in [-0.15, -0.1) is 0 Å². The molecule has 0 aromatic heterocycles. The van der Waals surface area contributed by atoms with Gasteiger partial charge in [-0.3, -0.25) is 9.52 Å². The quantitative estimate of drug-likeness (QED) is 0.322. The minimum absolute atomic E-state index is 0.0434. The number of rotatable bonds is 9. The number of anilines is 2. The van der Waals surface area contributed by atoms with Crippen molar-refractivity contribution < 1.29 is 22.7 Å². The molecule has 0 aliphatic carbocycles. The van der Waals surface area contributed by atoms with Gasteiger partial charge in [0.15, 0.2) is 0 Å². The highest BCUT2D eigenvalue weighted by Crippen LogP contribution is 2.31. The van der Waals surface area contributed by atoms with E-state index in [1.807, 2.05) is 54.6 Å². The van der Waals surface area contributed by atoms with Crippen LogP contribution < -0.4 is 19.5 Å². The van der Waals surface area contributed by atoms with Crippen LogP contribution in [0, 0.1) is 0 Å². The van der Waals surface area contributed by atoms with Crippen molar-refractivity contribution >= 4 is 27.3 Å². The van der Waals surface area contributed by atoms with E-state index in [4.69, 9.17) is 9.47 Å². The Labute approximate surface area is 210 Å². The van der Waals surface area contributed by atoms with Crippen molar-refractivity contribution in [2.45, 2.75) is 11.3 Å². The van der Waals surface area contributed by atoms with Crippen molar-refractivity contribution in [2.24, 2.45) is 0 Å². The van der Waals surface area contributed by atoms with Crippen LogP contribution in [0.15, 0.2) is 102 Å². The molecule has 0 saturated carbocycles. The van der Waals surface area contributed by atoms with Gasteiger partial charge in [0.1, 0.15) is 11.5 Å². The van der Waals surface area contributed by atoms with Crippen molar-refractivity contribution in [3.63, 3.8) is 0 Å². The largest absolute Gasteiger partial charge is 0.497 e. The van der Waals surface area contributed by atoms with E-state index in [1.54, 1.807) is 24.3 Å². The molecule has 0 unspecified atom stereocenters. The average molecular weight is 503 g/mol. The molecule has 2 N–H and O–H groups in total. The molecule has 36 heavy (non-hydrogen) atoms. The number of hydrogen-bond acceptors (Lipinski definition) is 5. The molecule has 0 fully saturated rings. The molecule has 184 valence electrons. The Morgan fingerprint density at radius 2 is 1.44 bits per heavy atom. The lowest BCUT2D eigenvalue weighted by Crippen LogP contribution is -2.15. The summed E-state index contributed by atoms with van der Waals surface area (Å²) >= 11 is 0. The second-order valence-corrected chi connectivity index (χ2v) is 9.67. The number of carbonyl (C=O) groups is 1. The van der Waals surface area contributed by atoms with Gasteiger partial charge >= 0.3 is 0 Å². The summed E-state index contributed by atoms with van der Waals surface area (Å²) in [6.07, 6.45) is 0.201. The highest BCUT2D eigenvalue weighted by molar-refractivity contribution is 7.92. The van der Waals surface area contributed by atoms with Gasteiger partial charge in [0.05, 0.1) is 31.2 Å². The lowest BCUT2D eigenvalue weighted by Gasteiger charge is -2.13. The number of nitrogens with one attached hydrogen (secondary N) is 2. The summed E-state index contributed by atoms with van der Waals surface area (Å²) in [5.74, 6) is 0.652. The van der Waals surface area contributed by atoms with E-state index in [9.17, 15) is 13.2 Å². The monoisotopic (exact) mass is 502 g/mol. The fourth-order valence-corrected chi connectivity index (χ4v) is 4.71. The van der Waals surface area contributed by atoms with Crippen LogP contribution in [0.25, 0.3) is 11.1 Å². The zero-order valence-electron chi connectivity index (χ0n) is 19.9. The summed E-state index contributed by atoms with van der Waals surface area (Å²) in [5.41, 5.74) is 3.83. The zero-order chi connectivity index (χ0) is 25.5. The number of methoxy groups -OCH3 is 2. The average Bonchev–Trinajstić information content (AvgIpc) is 2.89. The first-order valence-corrected chi connectivity index (χ1v) is 12.7. The molecule has 7 nitrogen and oxygen atoms in total. The van der Waals surface area contributed by atoms with E-state index in [0.717, 1.165) is 16.7 Å². The highest BCUT2D eigenvalue weighted by atomic mass is 32.2. The van der Waals surface area contributed by atoms with Crippen molar-refractivity contribution in [1.29, 1.82) is 0 Å². The summed E-state index contributed by atoms with van der Waals surface area (Å²) in [5, 5.41) is 2.81. The molecule has 0 saturated heterocycles. The molecular formula is C28H26N2O5S. The first kappa shape index (κ1) is 24.8. The number of carbonyl (C=O) groups excluding carboxylic acids is 1. The van der Waals surface area contributed by atoms with Crippen molar-refractivity contribution in [2.75, 3.05) is 24.3 Å². The van der Waals surface area contributed by atoms with E-state index in [2.05, 4.69) is 10.0 Å². The maximum Gasteiger partial charge on any atom is 0.262 e. The van der Waals surface area contributed by atoms with Crippen LogP contribution in [0.4, 0.5) is 11.4 Å². The Bertz CT molecular complexity index is 1440. The van der Waals surface area contributed by atoms with Gasteiger partial charge in [-0.2, -0.15) is 0 Å². The Morgan fingerprint density at radius 3 is 2.08 bits per heavy atom. The van der Waals surface area contributed by atoms with Crippen LogP contribution in [0.5, 0.6) is 11.5 Å². The summed E-state index contributed by atoms with van der Waals surface area (Å²) < 4.78 is 38.7. The number of hydrogen-bond donors (Lipinski definition) is 2. The predicted octanol–water partition coefficient (Wildman–Crippen LogP) is 5.35. The van der Waals surface area contributed by atoms with Gasteiger partial charge in [-0.25, -0.2) is 8.42 Å². The van der Waals surface area contributed by atoms with Gasteiger partial charge < -0.3 is 14.8 Å². The number of ether oxygens (including phenoxy) is 2. The molecule has 4 rings (SSSR count). The fourth-order valence-electron chi connectivity index (χ4n) is 3.65. The van der Waals surface area contributed by atoms with Crippen molar-refractivity contribution in [3.05, 3.63) is 103 Å². The predicted molar refractivity (Wildman–Crippen MR) is 141 cm³/mol. The standard InChI is InChI=1S/C28H26N2O5S/c1-34-24-14-17-27(35-2)26(19-24)30-36(32,33)25-15-12-23(13-16-25)29-28(31)18-20-8-10-22(11-9-20)21-6-4-3-5-7-21/h3-17,19,30H,18H2,1-2H3,(H,29,31). The third-order valence-electron chi connectivity index (χ3n) is 5.53. The third-order valence-corrected chi connectivity index (χ3v) is 6.91. The molecule has 0 heterocycles. The van der Waals surface area contributed by atoms with Crippen LogP contribution in [-0.2, 0) is 21.2 Å². The van der Waals surface area contributed by atoms with E-state index >= 15 is 0 Å². The van der Waals surface area contributed by atoms with E-state index < -0.39 is 10.0 Å². The molecule has 0 radical (unpaired) electrons. The third kappa shape index (κ3) is 6.03. The molecule has 0 aliphatic rings. The van der Waals surface area contributed by atoms with Gasteiger partial charge in [-0.1, -0.05) is 54.6 Å². The highest BCUT2D eigenvalue weighted by Gasteiger charge is 2.17. The Kier molecular flexibility index (Phi) is 7.56. The topological polar surface area (TPSA) is 93.7 Å². The Morgan fingerprint density at radius 1 is 0.778 bits per heavy atom. The SMILES string of the molecule is COc1ccc(OC)c(NS(=O)(=O)c2ccc(NC(=O)Cc3ccc(-c4ccccc4)cc3)cc2)c1. The van der Waals surface area contributed by atoms with E-state index in [1.165, 1.54) is 32.4 Å². The summed E-state index contributed by atoms with van der Waals surface area (Å²) in [6.45, 7) is 0. The molecular weight excluding hydrogens is 476 g/mol. The lowest BCUT2D eigenvalue weighted by atomic mass is 10.0. The second kappa shape index (κ2) is 11.0. The molecule has 0 aliphatic heterocycles. The van der Waals surface area contributed by atoms with Crippen LogP contribution in [-0.4, -0.2) is 28.5 Å². The first-order chi connectivity index (χ1) is 17.4. The zero-order valence-corrected chi connectivity index (χ0v) is 20.7. The minimum atomic E-state index is -3.89.